The Balaban J connectivity index is 2.73. The highest BCUT2D eigenvalue weighted by Gasteiger charge is 2.40. The van der Waals surface area contributed by atoms with Gasteiger partial charge >= 0.3 is 12.1 Å². The highest BCUT2D eigenvalue weighted by atomic mass is 32.2. The lowest BCUT2D eigenvalue weighted by Crippen LogP contribution is -2.65. The summed E-state index contributed by atoms with van der Waals surface area (Å²) in [5.74, 6) is 0.917. The molecule has 4 amide bonds. The molecule has 0 aliphatic carbocycles. The van der Waals surface area contributed by atoms with E-state index in [1.807, 2.05) is 6.26 Å². The molecule has 1 fully saturated rings. The number of aliphatic hydroxyl groups excluding tert-OH is 1. The summed E-state index contributed by atoms with van der Waals surface area (Å²) >= 11 is 1.69. The number of hydrogen-bond acceptors (Lipinski definition) is 4. The molecule has 0 radical (unpaired) electrons. The molecule has 0 aromatic carbocycles. The third-order valence-electron chi connectivity index (χ3n) is 2.70. The number of imide groups is 1. The van der Waals surface area contributed by atoms with Gasteiger partial charge in [-0.15, -0.1) is 0 Å². The number of urea groups is 2. The first kappa shape index (κ1) is 14.1. The zero-order valence-corrected chi connectivity index (χ0v) is 11.2. The Bertz CT molecular complexity index is 301. The Hall–Kier alpha value is -0.950. The van der Waals surface area contributed by atoms with Crippen LogP contribution in [0.15, 0.2) is 0 Å². The lowest BCUT2D eigenvalue weighted by atomic mass is 10.4. The maximum atomic E-state index is 12.0. The van der Waals surface area contributed by atoms with Gasteiger partial charge in [-0.25, -0.2) is 14.5 Å². The molecule has 1 rings (SSSR count). The SMILES string of the molecule is CCN1C(=O)N(C)C(O)N(CCCSC)C1=O. The van der Waals surface area contributed by atoms with E-state index < -0.39 is 18.4 Å². The minimum absolute atomic E-state index is 0.313. The Morgan fingerprint density at radius 2 is 2.00 bits per heavy atom. The topological polar surface area (TPSA) is 64.1 Å². The van der Waals surface area contributed by atoms with Crippen molar-refractivity contribution in [2.24, 2.45) is 0 Å². The number of nitrogens with zero attached hydrogens (tertiary/aromatic N) is 3. The van der Waals surface area contributed by atoms with Crippen LogP contribution >= 0.6 is 11.8 Å². The van der Waals surface area contributed by atoms with E-state index in [4.69, 9.17) is 0 Å². The molecule has 0 aromatic rings. The quantitative estimate of drug-likeness (QED) is 0.744. The Kier molecular flexibility index (Phi) is 5.07. The Morgan fingerprint density at radius 1 is 1.35 bits per heavy atom. The van der Waals surface area contributed by atoms with Crippen molar-refractivity contribution in [3.8, 4) is 0 Å². The van der Waals surface area contributed by atoms with E-state index >= 15 is 0 Å². The summed E-state index contributed by atoms with van der Waals surface area (Å²) in [6.07, 6.45) is 1.63. The van der Waals surface area contributed by atoms with Crippen LogP contribution in [-0.2, 0) is 0 Å². The molecule has 1 atom stereocenters. The number of rotatable bonds is 5. The van der Waals surface area contributed by atoms with Crippen molar-refractivity contribution in [3.05, 3.63) is 0 Å². The zero-order valence-electron chi connectivity index (χ0n) is 10.4. The fourth-order valence-electron chi connectivity index (χ4n) is 1.69. The number of carbonyl (C=O) groups excluding carboxylic acids is 2. The van der Waals surface area contributed by atoms with E-state index in [1.165, 1.54) is 16.8 Å². The smallest absolute Gasteiger partial charge is 0.331 e. The second-order valence-electron chi connectivity index (χ2n) is 3.81. The third-order valence-corrected chi connectivity index (χ3v) is 3.40. The van der Waals surface area contributed by atoms with Gasteiger partial charge in [0.25, 0.3) is 0 Å². The third kappa shape index (κ3) is 2.84. The predicted molar refractivity (Wildman–Crippen MR) is 66.6 cm³/mol. The van der Waals surface area contributed by atoms with Crippen LogP contribution in [0.25, 0.3) is 0 Å². The Morgan fingerprint density at radius 3 is 2.53 bits per heavy atom. The second kappa shape index (κ2) is 6.11. The number of hydrogen-bond donors (Lipinski definition) is 1. The van der Waals surface area contributed by atoms with Gasteiger partial charge in [-0.3, -0.25) is 9.80 Å². The number of thioether (sulfide) groups is 1. The lowest BCUT2D eigenvalue weighted by molar-refractivity contribution is -0.0821. The first-order valence-electron chi connectivity index (χ1n) is 5.56. The molecule has 0 spiro atoms. The maximum absolute atomic E-state index is 12.0. The van der Waals surface area contributed by atoms with Gasteiger partial charge in [0, 0.05) is 20.1 Å². The van der Waals surface area contributed by atoms with Crippen LogP contribution in [0.5, 0.6) is 0 Å². The molecule has 7 heteroatoms. The molecule has 1 heterocycles. The molecule has 1 N–H and O–H groups in total. The Labute approximate surface area is 106 Å². The van der Waals surface area contributed by atoms with E-state index in [2.05, 4.69) is 0 Å². The van der Waals surface area contributed by atoms with Gasteiger partial charge in [0.15, 0.2) is 0 Å². The lowest BCUT2D eigenvalue weighted by Gasteiger charge is -2.42. The summed E-state index contributed by atoms with van der Waals surface area (Å²) < 4.78 is 0. The van der Waals surface area contributed by atoms with Crippen molar-refractivity contribution in [3.63, 3.8) is 0 Å². The summed E-state index contributed by atoms with van der Waals surface area (Å²) in [7, 11) is 1.49. The van der Waals surface area contributed by atoms with Crippen LogP contribution in [0, 0.1) is 0 Å². The largest absolute Gasteiger partial charge is 0.356 e. The first-order chi connectivity index (χ1) is 8.04. The van der Waals surface area contributed by atoms with E-state index in [0.29, 0.717) is 13.1 Å². The van der Waals surface area contributed by atoms with E-state index in [1.54, 1.807) is 18.7 Å². The molecule has 0 aromatic heterocycles. The van der Waals surface area contributed by atoms with Crippen LogP contribution in [0.1, 0.15) is 13.3 Å². The minimum atomic E-state index is -1.15. The molecule has 1 saturated heterocycles. The van der Waals surface area contributed by atoms with Crippen molar-refractivity contribution in [2.45, 2.75) is 19.7 Å². The zero-order chi connectivity index (χ0) is 13.0. The fraction of sp³-hybridized carbons (Fsp3) is 0.800. The van der Waals surface area contributed by atoms with Crippen LogP contribution in [0.4, 0.5) is 9.59 Å². The van der Waals surface area contributed by atoms with Gasteiger partial charge in [-0.2, -0.15) is 11.8 Å². The maximum Gasteiger partial charge on any atom is 0.331 e. The van der Waals surface area contributed by atoms with Crippen molar-refractivity contribution >= 4 is 23.8 Å². The van der Waals surface area contributed by atoms with Crippen LogP contribution < -0.4 is 0 Å². The molecule has 6 nitrogen and oxygen atoms in total. The summed E-state index contributed by atoms with van der Waals surface area (Å²) in [6.45, 7) is 2.50. The summed E-state index contributed by atoms with van der Waals surface area (Å²) in [5.41, 5.74) is 0. The summed E-state index contributed by atoms with van der Waals surface area (Å²) in [4.78, 5) is 27.3. The average Bonchev–Trinajstić information content (AvgIpc) is 2.32. The van der Waals surface area contributed by atoms with Crippen molar-refractivity contribution in [2.75, 3.05) is 32.1 Å². The molecule has 0 bridgehead atoms. The van der Waals surface area contributed by atoms with Gasteiger partial charge in [0.1, 0.15) is 0 Å². The number of aliphatic hydroxyl groups is 1. The van der Waals surface area contributed by atoms with Gasteiger partial charge < -0.3 is 5.11 Å². The standard InChI is InChI=1S/C10H19N3O3S/c1-4-12-8(14)11(2)9(15)13(10(12)16)6-5-7-17-3/h9,15H,4-7H2,1-3H3. The number of carbonyl (C=O) groups is 2. The second-order valence-corrected chi connectivity index (χ2v) is 4.79. The fourth-order valence-corrected chi connectivity index (χ4v) is 2.11. The molecule has 1 unspecified atom stereocenters. The first-order valence-corrected chi connectivity index (χ1v) is 6.95. The number of amides is 4. The van der Waals surface area contributed by atoms with Crippen LogP contribution in [0.2, 0.25) is 0 Å². The van der Waals surface area contributed by atoms with Gasteiger partial charge in [0.05, 0.1) is 0 Å². The van der Waals surface area contributed by atoms with Crippen molar-refractivity contribution in [1.82, 2.24) is 14.7 Å². The summed E-state index contributed by atoms with van der Waals surface area (Å²) in [6, 6.07) is -0.865. The van der Waals surface area contributed by atoms with Gasteiger partial charge in [-0.1, -0.05) is 0 Å². The average molecular weight is 261 g/mol. The van der Waals surface area contributed by atoms with Crippen LogP contribution in [-0.4, -0.2) is 70.4 Å². The molecule has 98 valence electrons. The molecule has 1 aliphatic rings. The van der Waals surface area contributed by atoms with Crippen molar-refractivity contribution < 1.29 is 14.7 Å². The highest BCUT2D eigenvalue weighted by molar-refractivity contribution is 7.98. The predicted octanol–water partition coefficient (Wildman–Crippen LogP) is 0.825. The minimum Gasteiger partial charge on any atom is -0.356 e. The van der Waals surface area contributed by atoms with Crippen LogP contribution in [0.3, 0.4) is 0 Å². The highest BCUT2D eigenvalue weighted by Crippen LogP contribution is 2.16. The molecule has 1 aliphatic heterocycles. The summed E-state index contributed by atoms with van der Waals surface area (Å²) in [5, 5.41) is 9.87. The molecule has 17 heavy (non-hydrogen) atoms. The monoisotopic (exact) mass is 261 g/mol. The van der Waals surface area contributed by atoms with Gasteiger partial charge in [-0.05, 0) is 25.4 Å². The van der Waals surface area contributed by atoms with Crippen molar-refractivity contribution in [1.29, 1.82) is 0 Å². The normalized spacial score (nSPS) is 21.4. The van der Waals surface area contributed by atoms with E-state index in [9.17, 15) is 14.7 Å². The van der Waals surface area contributed by atoms with E-state index in [0.717, 1.165) is 17.1 Å². The van der Waals surface area contributed by atoms with Gasteiger partial charge in [0.2, 0.25) is 6.35 Å². The molecular formula is C10H19N3O3S. The molecule has 0 saturated carbocycles. The van der Waals surface area contributed by atoms with E-state index in [-0.39, 0.29) is 0 Å². The molecular weight excluding hydrogens is 242 g/mol.